The summed E-state index contributed by atoms with van der Waals surface area (Å²) in [5.41, 5.74) is 1.03. The molecule has 0 saturated carbocycles. The summed E-state index contributed by atoms with van der Waals surface area (Å²) in [5.74, 6) is 0.606. The maximum atomic E-state index is 13.1. The van der Waals surface area contributed by atoms with E-state index in [2.05, 4.69) is 5.32 Å². The number of urea groups is 1. The molecule has 34 heavy (non-hydrogen) atoms. The topological polar surface area (TPSA) is 103 Å². The highest BCUT2D eigenvalue weighted by Crippen LogP contribution is 2.31. The molecule has 1 fully saturated rings. The number of barbiturate groups is 1. The number of nitrogens with one attached hydrogen (secondary N) is 1. The molecule has 1 heterocycles. The van der Waals surface area contributed by atoms with E-state index in [1.807, 2.05) is 13.8 Å². The van der Waals surface area contributed by atoms with Gasteiger partial charge >= 0.3 is 6.03 Å². The lowest BCUT2D eigenvalue weighted by Gasteiger charge is -2.26. The number of ether oxygens (including phenoxy) is 4. The minimum absolute atomic E-state index is 0.0491. The Kier molecular flexibility index (Phi) is 8.13. The highest BCUT2D eigenvalue weighted by molar-refractivity contribution is 6.30. The molecule has 1 N–H and O–H groups in total. The smallest absolute Gasteiger partial charge is 0.331 e. The molecule has 9 heteroatoms. The predicted octanol–water partition coefficient (Wildman–Crippen LogP) is 3.55. The zero-order chi connectivity index (χ0) is 24.7. The number of nitrogens with zero attached hydrogens (tertiary/aromatic N) is 1. The molecule has 1 aliphatic heterocycles. The Morgan fingerprint density at radius 2 is 1.62 bits per heavy atom. The number of benzene rings is 2. The van der Waals surface area contributed by atoms with Crippen molar-refractivity contribution in [2.75, 3.05) is 27.4 Å². The first-order valence-corrected chi connectivity index (χ1v) is 10.9. The van der Waals surface area contributed by atoms with Crippen molar-refractivity contribution in [3.63, 3.8) is 0 Å². The average Bonchev–Trinajstić information content (AvgIpc) is 2.83. The summed E-state index contributed by atoms with van der Waals surface area (Å²) in [7, 11) is 3.04. The first-order chi connectivity index (χ1) is 16.4. The van der Waals surface area contributed by atoms with Crippen LogP contribution in [0.4, 0.5) is 4.79 Å². The molecule has 1 aliphatic rings. The van der Waals surface area contributed by atoms with Crippen LogP contribution in [0.3, 0.4) is 0 Å². The van der Waals surface area contributed by atoms with Gasteiger partial charge in [-0.25, -0.2) is 4.79 Å². The number of methoxy groups -OCH3 is 2. The van der Waals surface area contributed by atoms with Gasteiger partial charge in [-0.3, -0.25) is 19.8 Å². The molecular weight excluding hydrogens is 440 g/mol. The van der Waals surface area contributed by atoms with E-state index < -0.39 is 17.8 Å². The highest BCUT2D eigenvalue weighted by atomic mass is 16.5. The Hall–Kier alpha value is -4.01. The lowest BCUT2D eigenvalue weighted by molar-refractivity contribution is -0.130. The number of amides is 4. The Morgan fingerprint density at radius 3 is 2.29 bits per heavy atom. The van der Waals surface area contributed by atoms with Gasteiger partial charge in [0, 0.05) is 0 Å². The molecule has 2 aromatic rings. The van der Waals surface area contributed by atoms with Crippen molar-refractivity contribution < 1.29 is 33.3 Å². The molecule has 0 spiro atoms. The Labute approximate surface area is 198 Å². The minimum Gasteiger partial charge on any atom is -0.493 e. The van der Waals surface area contributed by atoms with Crippen LogP contribution >= 0.6 is 0 Å². The van der Waals surface area contributed by atoms with Crippen molar-refractivity contribution >= 4 is 23.9 Å². The van der Waals surface area contributed by atoms with Crippen molar-refractivity contribution in [2.24, 2.45) is 0 Å². The van der Waals surface area contributed by atoms with Crippen molar-refractivity contribution in [3.05, 3.63) is 53.1 Å². The summed E-state index contributed by atoms with van der Waals surface area (Å²) < 4.78 is 21.8. The van der Waals surface area contributed by atoms with E-state index in [4.69, 9.17) is 18.9 Å². The van der Waals surface area contributed by atoms with E-state index in [-0.39, 0.29) is 12.1 Å². The third kappa shape index (κ3) is 5.48. The van der Waals surface area contributed by atoms with Gasteiger partial charge in [0.05, 0.1) is 34.0 Å². The van der Waals surface area contributed by atoms with E-state index in [0.717, 1.165) is 11.3 Å². The third-order valence-electron chi connectivity index (χ3n) is 5.01. The van der Waals surface area contributed by atoms with E-state index >= 15 is 0 Å². The SMILES string of the molecule is CCCOc1ccc(CN2C(=O)NC(=O)/C(=C\c3ccc(OC)c(OCC)c3)C2=O)cc1OC. The largest absolute Gasteiger partial charge is 0.493 e. The van der Waals surface area contributed by atoms with Crippen molar-refractivity contribution in [2.45, 2.75) is 26.8 Å². The maximum Gasteiger partial charge on any atom is 0.331 e. The molecule has 180 valence electrons. The second kappa shape index (κ2) is 11.2. The van der Waals surface area contributed by atoms with Gasteiger partial charge in [0.1, 0.15) is 5.57 Å². The number of carbonyl (C=O) groups excluding carboxylic acids is 3. The van der Waals surface area contributed by atoms with Gasteiger partial charge < -0.3 is 18.9 Å². The molecule has 2 aromatic carbocycles. The summed E-state index contributed by atoms with van der Waals surface area (Å²) >= 11 is 0. The monoisotopic (exact) mass is 468 g/mol. The number of hydrogen-bond donors (Lipinski definition) is 1. The van der Waals surface area contributed by atoms with Crippen LogP contribution in [0.25, 0.3) is 6.08 Å². The minimum atomic E-state index is -0.790. The van der Waals surface area contributed by atoms with Gasteiger partial charge in [0.15, 0.2) is 23.0 Å². The summed E-state index contributed by atoms with van der Waals surface area (Å²) in [4.78, 5) is 39.0. The van der Waals surface area contributed by atoms with Gasteiger partial charge in [0.25, 0.3) is 11.8 Å². The van der Waals surface area contributed by atoms with Crippen molar-refractivity contribution in [3.8, 4) is 23.0 Å². The van der Waals surface area contributed by atoms with Gasteiger partial charge in [0.2, 0.25) is 0 Å². The zero-order valence-corrected chi connectivity index (χ0v) is 19.7. The number of rotatable bonds is 10. The van der Waals surface area contributed by atoms with Crippen LogP contribution < -0.4 is 24.3 Å². The van der Waals surface area contributed by atoms with Crippen LogP contribution in [0, 0.1) is 0 Å². The summed E-state index contributed by atoms with van der Waals surface area (Å²) in [6.45, 7) is 4.74. The molecule has 4 amide bonds. The summed E-state index contributed by atoms with van der Waals surface area (Å²) in [6, 6.07) is 9.41. The highest BCUT2D eigenvalue weighted by Gasteiger charge is 2.35. The molecule has 0 atom stereocenters. The van der Waals surface area contributed by atoms with Gasteiger partial charge in [-0.2, -0.15) is 0 Å². The van der Waals surface area contributed by atoms with Crippen molar-refractivity contribution in [1.82, 2.24) is 10.2 Å². The van der Waals surface area contributed by atoms with E-state index in [1.165, 1.54) is 20.3 Å². The van der Waals surface area contributed by atoms with Gasteiger partial charge in [-0.15, -0.1) is 0 Å². The summed E-state index contributed by atoms with van der Waals surface area (Å²) in [5, 5.41) is 2.23. The molecule has 0 bridgehead atoms. The fourth-order valence-electron chi connectivity index (χ4n) is 3.38. The van der Waals surface area contributed by atoms with Gasteiger partial charge in [-0.1, -0.05) is 19.1 Å². The predicted molar refractivity (Wildman–Crippen MR) is 125 cm³/mol. The van der Waals surface area contributed by atoms with Gasteiger partial charge in [-0.05, 0) is 54.8 Å². The summed E-state index contributed by atoms with van der Waals surface area (Å²) in [6.07, 6.45) is 2.26. The standard InChI is InChI=1S/C25H28N2O7/c1-5-11-34-20-10-8-17(14-21(20)32-4)15-27-24(29)18(23(28)26-25(27)30)12-16-7-9-19(31-3)22(13-16)33-6-2/h7-10,12-14H,5-6,11,15H2,1-4H3,(H,26,28,30)/b18-12+. The lowest BCUT2D eigenvalue weighted by Crippen LogP contribution is -2.53. The van der Waals surface area contributed by atoms with Crippen LogP contribution in [0.2, 0.25) is 0 Å². The molecule has 3 rings (SSSR count). The Balaban J connectivity index is 1.87. The molecule has 0 radical (unpaired) electrons. The van der Waals surface area contributed by atoms with Crippen LogP contribution in [-0.2, 0) is 16.1 Å². The molecule has 0 aliphatic carbocycles. The third-order valence-corrected chi connectivity index (χ3v) is 5.01. The number of imide groups is 2. The molecular formula is C25H28N2O7. The lowest BCUT2D eigenvalue weighted by atomic mass is 10.1. The Bertz CT molecular complexity index is 1110. The first kappa shape index (κ1) is 24.6. The zero-order valence-electron chi connectivity index (χ0n) is 19.7. The van der Waals surface area contributed by atoms with Crippen LogP contribution in [-0.4, -0.2) is 50.2 Å². The number of carbonyl (C=O) groups is 3. The first-order valence-electron chi connectivity index (χ1n) is 10.9. The molecule has 0 unspecified atom stereocenters. The molecule has 0 aromatic heterocycles. The van der Waals surface area contributed by atoms with Crippen LogP contribution in [0.5, 0.6) is 23.0 Å². The fraction of sp³-hybridized carbons (Fsp3) is 0.320. The Morgan fingerprint density at radius 1 is 0.882 bits per heavy atom. The quantitative estimate of drug-likeness (QED) is 0.420. The van der Waals surface area contributed by atoms with E-state index in [9.17, 15) is 14.4 Å². The normalized spacial score (nSPS) is 14.8. The fourth-order valence-corrected chi connectivity index (χ4v) is 3.38. The maximum absolute atomic E-state index is 13.1. The van der Waals surface area contributed by atoms with E-state index in [0.29, 0.717) is 47.3 Å². The van der Waals surface area contributed by atoms with Crippen molar-refractivity contribution in [1.29, 1.82) is 0 Å². The van der Waals surface area contributed by atoms with Crippen LogP contribution in [0.1, 0.15) is 31.4 Å². The molecule has 1 saturated heterocycles. The second-order valence-corrected chi connectivity index (χ2v) is 7.39. The molecule has 9 nitrogen and oxygen atoms in total. The number of hydrogen-bond acceptors (Lipinski definition) is 7. The van der Waals surface area contributed by atoms with E-state index in [1.54, 1.807) is 36.4 Å². The average molecular weight is 469 g/mol. The van der Waals surface area contributed by atoms with Crippen LogP contribution in [0.15, 0.2) is 42.0 Å². The second-order valence-electron chi connectivity index (χ2n) is 7.39.